The molecule has 26 heavy (non-hydrogen) atoms. The van der Waals surface area contributed by atoms with Crippen LogP contribution in [0.4, 0.5) is 0 Å². The molecule has 0 nitrogen and oxygen atoms in total. The fourth-order valence-electron chi connectivity index (χ4n) is 5.72. The second-order valence-electron chi connectivity index (χ2n) is 9.94. The SMILES string of the molecule is CC1C(c2ccc(C(C)(C)C)cc2)CC2c3ccccc3CCC2C1C. The van der Waals surface area contributed by atoms with Crippen molar-refractivity contribution in [3.05, 3.63) is 70.8 Å². The van der Waals surface area contributed by atoms with Gasteiger partial charge in [-0.3, -0.25) is 0 Å². The first kappa shape index (κ1) is 17.8. The molecule has 2 aromatic carbocycles. The Bertz CT molecular complexity index is 761. The van der Waals surface area contributed by atoms with Crippen molar-refractivity contribution in [3.8, 4) is 0 Å². The molecule has 0 heteroatoms. The summed E-state index contributed by atoms with van der Waals surface area (Å²) >= 11 is 0. The molecule has 0 bridgehead atoms. The van der Waals surface area contributed by atoms with Gasteiger partial charge in [-0.1, -0.05) is 83.1 Å². The van der Waals surface area contributed by atoms with Gasteiger partial charge in [0.1, 0.15) is 0 Å². The topological polar surface area (TPSA) is 0 Å². The fraction of sp³-hybridized carbons (Fsp3) is 0.538. The average Bonchev–Trinajstić information content (AvgIpc) is 2.63. The maximum absolute atomic E-state index is 2.52. The lowest BCUT2D eigenvalue weighted by Crippen LogP contribution is -2.38. The van der Waals surface area contributed by atoms with Gasteiger partial charge < -0.3 is 0 Å². The van der Waals surface area contributed by atoms with Gasteiger partial charge in [0.25, 0.3) is 0 Å². The lowest BCUT2D eigenvalue weighted by atomic mass is 9.56. The fourth-order valence-corrected chi connectivity index (χ4v) is 5.72. The molecule has 0 saturated heterocycles. The molecule has 4 rings (SSSR count). The molecule has 2 aliphatic rings. The summed E-state index contributed by atoms with van der Waals surface area (Å²) in [6.07, 6.45) is 3.98. The van der Waals surface area contributed by atoms with Crippen molar-refractivity contribution >= 4 is 0 Å². The number of aryl methyl sites for hydroxylation is 1. The van der Waals surface area contributed by atoms with Crippen LogP contribution in [0.15, 0.2) is 48.5 Å². The molecule has 5 atom stereocenters. The molecule has 0 aliphatic heterocycles. The molecule has 2 aromatic rings. The van der Waals surface area contributed by atoms with Crippen LogP contribution in [-0.2, 0) is 11.8 Å². The van der Waals surface area contributed by atoms with Crippen molar-refractivity contribution in [2.45, 2.75) is 71.1 Å². The minimum atomic E-state index is 0.234. The zero-order valence-corrected chi connectivity index (χ0v) is 17.1. The van der Waals surface area contributed by atoms with Gasteiger partial charge >= 0.3 is 0 Å². The zero-order chi connectivity index (χ0) is 18.5. The zero-order valence-electron chi connectivity index (χ0n) is 17.1. The highest BCUT2D eigenvalue weighted by molar-refractivity contribution is 5.36. The molecule has 0 aromatic heterocycles. The van der Waals surface area contributed by atoms with E-state index >= 15 is 0 Å². The number of hydrogen-bond donors (Lipinski definition) is 0. The molecule has 0 heterocycles. The molecule has 5 unspecified atom stereocenters. The van der Waals surface area contributed by atoms with E-state index in [9.17, 15) is 0 Å². The van der Waals surface area contributed by atoms with E-state index in [1.54, 1.807) is 16.7 Å². The molecule has 0 amide bonds. The Kier molecular flexibility index (Phi) is 4.49. The highest BCUT2D eigenvalue weighted by Crippen LogP contribution is 2.54. The predicted molar refractivity (Wildman–Crippen MR) is 112 cm³/mol. The highest BCUT2D eigenvalue weighted by Gasteiger charge is 2.43. The Labute approximate surface area is 160 Å². The van der Waals surface area contributed by atoms with Crippen LogP contribution < -0.4 is 0 Å². The van der Waals surface area contributed by atoms with Gasteiger partial charge in [-0.2, -0.15) is 0 Å². The average molecular weight is 347 g/mol. The molecule has 0 radical (unpaired) electrons. The summed E-state index contributed by atoms with van der Waals surface area (Å²) in [5, 5.41) is 0. The van der Waals surface area contributed by atoms with Crippen LogP contribution in [0.2, 0.25) is 0 Å². The molecule has 0 spiro atoms. The summed E-state index contributed by atoms with van der Waals surface area (Å²) in [7, 11) is 0. The van der Waals surface area contributed by atoms with Gasteiger partial charge in [0.05, 0.1) is 0 Å². The molecule has 1 saturated carbocycles. The lowest BCUT2D eigenvalue weighted by Gasteiger charge is -2.48. The first-order valence-electron chi connectivity index (χ1n) is 10.5. The number of rotatable bonds is 1. The summed E-state index contributed by atoms with van der Waals surface area (Å²) in [6, 6.07) is 18.8. The van der Waals surface area contributed by atoms with Gasteiger partial charge in [-0.15, -0.1) is 0 Å². The summed E-state index contributed by atoms with van der Waals surface area (Å²) in [6.45, 7) is 11.9. The standard InChI is InChI=1S/C26H34/c1-17-18(2)24(20-10-13-21(14-11-20)26(3,4)5)16-25-22(17)15-12-19-8-6-7-9-23(19)25/h6-11,13-14,17-18,22,24-25H,12,15-16H2,1-5H3. The van der Waals surface area contributed by atoms with Crippen LogP contribution in [0.1, 0.15) is 81.5 Å². The second kappa shape index (κ2) is 6.55. The minimum Gasteiger partial charge on any atom is -0.0620 e. The molecule has 138 valence electrons. The first-order chi connectivity index (χ1) is 12.4. The van der Waals surface area contributed by atoms with E-state index in [1.165, 1.54) is 24.8 Å². The number of hydrogen-bond acceptors (Lipinski definition) is 0. The normalized spacial score (nSPS) is 31.2. The van der Waals surface area contributed by atoms with E-state index < -0.39 is 0 Å². The predicted octanol–water partition coefficient (Wildman–Crippen LogP) is 7.09. The monoisotopic (exact) mass is 346 g/mol. The summed E-state index contributed by atoms with van der Waals surface area (Å²) in [4.78, 5) is 0. The third-order valence-corrected chi connectivity index (χ3v) is 7.57. The van der Waals surface area contributed by atoms with Crippen molar-refractivity contribution in [1.29, 1.82) is 0 Å². The molecule has 2 aliphatic carbocycles. The Hall–Kier alpha value is -1.56. The van der Waals surface area contributed by atoms with Crippen LogP contribution in [0.3, 0.4) is 0 Å². The van der Waals surface area contributed by atoms with E-state index in [2.05, 4.69) is 83.1 Å². The smallest absolute Gasteiger partial charge is 0.0122 e. The van der Waals surface area contributed by atoms with Crippen LogP contribution in [0.5, 0.6) is 0 Å². The third-order valence-electron chi connectivity index (χ3n) is 7.57. The van der Waals surface area contributed by atoms with Gasteiger partial charge in [0.2, 0.25) is 0 Å². The van der Waals surface area contributed by atoms with E-state index in [1.807, 2.05) is 0 Å². The minimum absolute atomic E-state index is 0.234. The first-order valence-corrected chi connectivity index (χ1v) is 10.5. The largest absolute Gasteiger partial charge is 0.0620 e. The molecule has 0 N–H and O–H groups in total. The number of fused-ring (bicyclic) bond motifs is 3. The maximum Gasteiger partial charge on any atom is -0.0122 e. The van der Waals surface area contributed by atoms with E-state index in [-0.39, 0.29) is 5.41 Å². The Morgan fingerprint density at radius 2 is 1.50 bits per heavy atom. The third kappa shape index (κ3) is 3.02. The van der Waals surface area contributed by atoms with Gasteiger partial charge in [-0.25, -0.2) is 0 Å². The van der Waals surface area contributed by atoms with Crippen LogP contribution in [0, 0.1) is 17.8 Å². The van der Waals surface area contributed by atoms with Gasteiger partial charge in [0, 0.05) is 0 Å². The van der Waals surface area contributed by atoms with Crippen LogP contribution in [0.25, 0.3) is 0 Å². The molecule has 1 fully saturated rings. The van der Waals surface area contributed by atoms with E-state index in [4.69, 9.17) is 0 Å². The van der Waals surface area contributed by atoms with Crippen molar-refractivity contribution in [2.24, 2.45) is 17.8 Å². The Balaban J connectivity index is 1.66. The summed E-state index contributed by atoms with van der Waals surface area (Å²) < 4.78 is 0. The van der Waals surface area contributed by atoms with Gasteiger partial charge in [0.15, 0.2) is 0 Å². The summed E-state index contributed by atoms with van der Waals surface area (Å²) in [5.41, 5.74) is 6.49. The van der Waals surface area contributed by atoms with Crippen molar-refractivity contribution < 1.29 is 0 Å². The molecular weight excluding hydrogens is 312 g/mol. The summed E-state index contributed by atoms with van der Waals surface area (Å²) in [5.74, 6) is 3.87. The number of benzene rings is 2. The van der Waals surface area contributed by atoms with Crippen molar-refractivity contribution in [2.75, 3.05) is 0 Å². The van der Waals surface area contributed by atoms with E-state index in [0.717, 1.165) is 23.7 Å². The molecular formula is C26H34. The quantitative estimate of drug-likeness (QED) is 0.517. The van der Waals surface area contributed by atoms with Crippen molar-refractivity contribution in [3.63, 3.8) is 0 Å². The second-order valence-corrected chi connectivity index (χ2v) is 9.94. The van der Waals surface area contributed by atoms with Gasteiger partial charge in [-0.05, 0) is 76.5 Å². The maximum atomic E-state index is 2.52. The Morgan fingerprint density at radius 1 is 0.808 bits per heavy atom. The highest BCUT2D eigenvalue weighted by atomic mass is 14.5. The van der Waals surface area contributed by atoms with E-state index in [0.29, 0.717) is 5.92 Å². The van der Waals surface area contributed by atoms with Crippen LogP contribution >= 0.6 is 0 Å². The van der Waals surface area contributed by atoms with Crippen molar-refractivity contribution in [1.82, 2.24) is 0 Å². The van der Waals surface area contributed by atoms with Crippen LogP contribution in [-0.4, -0.2) is 0 Å². The Morgan fingerprint density at radius 3 is 2.19 bits per heavy atom. The lowest BCUT2D eigenvalue weighted by molar-refractivity contribution is 0.115.